The summed E-state index contributed by atoms with van der Waals surface area (Å²) in [6, 6.07) is 13.4. The highest BCUT2D eigenvalue weighted by Crippen LogP contribution is 2.30. The zero-order valence-electron chi connectivity index (χ0n) is 18.3. The second-order valence-electron chi connectivity index (χ2n) is 8.97. The maximum absolute atomic E-state index is 13.1. The maximum atomic E-state index is 13.1. The van der Waals surface area contributed by atoms with Crippen LogP contribution in [0.4, 0.5) is 10.1 Å². The van der Waals surface area contributed by atoms with E-state index < -0.39 is 10.0 Å². The van der Waals surface area contributed by atoms with E-state index in [1.165, 1.54) is 12.1 Å². The van der Waals surface area contributed by atoms with Crippen LogP contribution in [0.2, 0.25) is 0 Å². The van der Waals surface area contributed by atoms with Gasteiger partial charge in [0.25, 0.3) is 10.0 Å². The number of rotatable bonds is 4. The summed E-state index contributed by atoms with van der Waals surface area (Å²) in [7, 11) is -3.63. The standard InChI is InChI=1S/C24H27FN4O3S/c25-19-5-7-20(8-6-19)29-12-9-17(16-29)15-26-24(30)18-10-13-28(14-11-18)23-21-3-1-2-4-22(21)33(31,32)27-23/h1-8,17-18H,9-16H2,(H,26,30). The van der Waals surface area contributed by atoms with E-state index >= 15 is 0 Å². The van der Waals surface area contributed by atoms with Crippen LogP contribution < -0.4 is 10.2 Å². The lowest BCUT2D eigenvalue weighted by molar-refractivity contribution is -0.126. The van der Waals surface area contributed by atoms with E-state index in [0.717, 1.165) is 25.2 Å². The number of amidine groups is 1. The molecule has 1 amide bonds. The minimum atomic E-state index is -3.63. The highest BCUT2D eigenvalue weighted by atomic mass is 32.2. The molecule has 1 atom stereocenters. The Labute approximate surface area is 193 Å². The first-order valence-corrected chi connectivity index (χ1v) is 12.8. The van der Waals surface area contributed by atoms with Gasteiger partial charge in [0.1, 0.15) is 10.7 Å². The number of benzene rings is 2. The van der Waals surface area contributed by atoms with E-state index in [9.17, 15) is 17.6 Å². The SMILES string of the molecule is O=C(NCC1CCN(c2ccc(F)cc2)C1)C1CCN(C2=NS(=O)(=O)c3ccccc32)CC1. The Bertz CT molecular complexity index is 1170. The van der Waals surface area contributed by atoms with Crippen molar-refractivity contribution in [3.8, 4) is 0 Å². The first-order valence-electron chi connectivity index (χ1n) is 11.4. The maximum Gasteiger partial charge on any atom is 0.285 e. The van der Waals surface area contributed by atoms with E-state index in [-0.39, 0.29) is 22.5 Å². The number of hydrogen-bond donors (Lipinski definition) is 1. The highest BCUT2D eigenvalue weighted by Gasteiger charge is 2.34. The molecule has 1 unspecified atom stereocenters. The Kier molecular flexibility index (Phi) is 5.82. The molecule has 0 aromatic heterocycles. The van der Waals surface area contributed by atoms with Crippen LogP contribution in [0, 0.1) is 17.7 Å². The van der Waals surface area contributed by atoms with Gasteiger partial charge in [0.2, 0.25) is 5.91 Å². The van der Waals surface area contributed by atoms with E-state index in [4.69, 9.17) is 0 Å². The lowest BCUT2D eigenvalue weighted by Crippen LogP contribution is -2.44. The number of carbonyl (C=O) groups excluding carboxylic acids is 1. The minimum absolute atomic E-state index is 0.0660. The summed E-state index contributed by atoms with van der Waals surface area (Å²) in [5.74, 6) is 0.615. The molecule has 0 aliphatic carbocycles. The molecule has 3 aliphatic rings. The summed E-state index contributed by atoms with van der Waals surface area (Å²) in [6.45, 7) is 3.58. The van der Waals surface area contributed by atoms with Gasteiger partial charge in [-0.15, -0.1) is 4.40 Å². The predicted molar refractivity (Wildman–Crippen MR) is 124 cm³/mol. The zero-order chi connectivity index (χ0) is 23.0. The molecule has 3 aliphatic heterocycles. The fourth-order valence-corrected chi connectivity index (χ4v) is 6.17. The number of nitrogens with one attached hydrogen (secondary N) is 1. The van der Waals surface area contributed by atoms with E-state index in [1.54, 1.807) is 30.3 Å². The number of amides is 1. The van der Waals surface area contributed by atoms with Gasteiger partial charge in [-0.25, -0.2) is 4.39 Å². The summed E-state index contributed by atoms with van der Waals surface area (Å²) < 4.78 is 41.8. The number of halogens is 1. The lowest BCUT2D eigenvalue weighted by atomic mass is 9.95. The molecule has 33 heavy (non-hydrogen) atoms. The quantitative estimate of drug-likeness (QED) is 0.743. The molecule has 2 aromatic rings. The van der Waals surface area contributed by atoms with E-state index in [2.05, 4.69) is 14.6 Å². The molecule has 0 spiro atoms. The fourth-order valence-electron chi connectivity index (χ4n) is 4.95. The van der Waals surface area contributed by atoms with Crippen LogP contribution in [0.15, 0.2) is 57.8 Å². The topological polar surface area (TPSA) is 82.1 Å². The van der Waals surface area contributed by atoms with Crippen LogP contribution in [0.5, 0.6) is 0 Å². The van der Waals surface area contributed by atoms with Gasteiger partial charge >= 0.3 is 0 Å². The van der Waals surface area contributed by atoms with Crippen molar-refractivity contribution in [1.82, 2.24) is 10.2 Å². The van der Waals surface area contributed by atoms with Gasteiger partial charge in [0.15, 0.2) is 5.84 Å². The number of piperidine rings is 1. The second-order valence-corrected chi connectivity index (χ2v) is 10.5. The molecule has 0 radical (unpaired) electrons. The third-order valence-electron chi connectivity index (χ3n) is 6.82. The number of carbonyl (C=O) groups is 1. The Morgan fingerprint density at radius 2 is 1.70 bits per heavy atom. The number of hydrogen-bond acceptors (Lipinski definition) is 5. The normalized spacial score (nSPS) is 22.2. The smallest absolute Gasteiger partial charge is 0.285 e. The molecule has 5 rings (SSSR count). The second kappa shape index (κ2) is 8.78. The molecule has 0 bridgehead atoms. The number of anilines is 1. The monoisotopic (exact) mass is 470 g/mol. The summed E-state index contributed by atoms with van der Waals surface area (Å²) >= 11 is 0. The number of fused-ring (bicyclic) bond motifs is 1. The van der Waals surface area contributed by atoms with Gasteiger partial charge in [0.05, 0.1) is 0 Å². The Morgan fingerprint density at radius 3 is 2.45 bits per heavy atom. The molecule has 3 heterocycles. The minimum Gasteiger partial charge on any atom is -0.371 e. The van der Waals surface area contributed by atoms with Crippen molar-refractivity contribution in [2.45, 2.75) is 24.2 Å². The number of likely N-dealkylation sites (tertiary alicyclic amines) is 1. The molecular formula is C24H27FN4O3S. The molecule has 0 saturated carbocycles. The van der Waals surface area contributed by atoms with Gasteiger partial charge in [0, 0.05) is 49.9 Å². The molecule has 9 heteroatoms. The van der Waals surface area contributed by atoms with Crippen LogP contribution in [0.25, 0.3) is 0 Å². The average Bonchev–Trinajstić information content (AvgIpc) is 3.41. The number of sulfonamides is 1. The zero-order valence-corrected chi connectivity index (χ0v) is 19.1. The van der Waals surface area contributed by atoms with Crippen molar-refractivity contribution in [2.75, 3.05) is 37.6 Å². The highest BCUT2D eigenvalue weighted by molar-refractivity contribution is 7.90. The summed E-state index contributed by atoms with van der Waals surface area (Å²) in [4.78, 5) is 17.2. The van der Waals surface area contributed by atoms with Crippen molar-refractivity contribution in [2.24, 2.45) is 16.2 Å². The first-order chi connectivity index (χ1) is 15.9. The molecule has 174 valence electrons. The van der Waals surface area contributed by atoms with Crippen molar-refractivity contribution >= 4 is 27.5 Å². The molecule has 7 nitrogen and oxygen atoms in total. The van der Waals surface area contributed by atoms with Crippen molar-refractivity contribution in [1.29, 1.82) is 0 Å². The Balaban J connectivity index is 1.11. The van der Waals surface area contributed by atoms with Crippen LogP contribution in [0.3, 0.4) is 0 Å². The van der Waals surface area contributed by atoms with Gasteiger partial charge in [-0.2, -0.15) is 8.42 Å². The summed E-state index contributed by atoms with van der Waals surface area (Å²) in [5.41, 5.74) is 1.66. The predicted octanol–water partition coefficient (Wildman–Crippen LogP) is 2.63. The first kappa shape index (κ1) is 21.9. The van der Waals surface area contributed by atoms with Crippen LogP contribution in [0.1, 0.15) is 24.8 Å². The lowest BCUT2D eigenvalue weighted by Gasteiger charge is -2.32. The average molecular weight is 471 g/mol. The Hall–Kier alpha value is -2.94. The fraction of sp³-hybridized carbons (Fsp3) is 0.417. The van der Waals surface area contributed by atoms with Crippen LogP contribution in [-0.2, 0) is 14.8 Å². The van der Waals surface area contributed by atoms with Crippen molar-refractivity contribution < 1.29 is 17.6 Å². The van der Waals surface area contributed by atoms with E-state index in [0.29, 0.717) is 49.8 Å². The van der Waals surface area contributed by atoms with Gasteiger partial charge in [-0.3, -0.25) is 4.79 Å². The van der Waals surface area contributed by atoms with Gasteiger partial charge < -0.3 is 15.1 Å². The molecule has 2 saturated heterocycles. The Morgan fingerprint density at radius 1 is 1.00 bits per heavy atom. The van der Waals surface area contributed by atoms with E-state index in [1.807, 2.05) is 11.0 Å². The van der Waals surface area contributed by atoms with Gasteiger partial charge in [-0.05, 0) is 61.6 Å². The van der Waals surface area contributed by atoms with Crippen LogP contribution >= 0.6 is 0 Å². The largest absolute Gasteiger partial charge is 0.371 e. The van der Waals surface area contributed by atoms with Crippen molar-refractivity contribution in [3.05, 3.63) is 59.9 Å². The van der Waals surface area contributed by atoms with Crippen molar-refractivity contribution in [3.63, 3.8) is 0 Å². The molecule has 1 N–H and O–H groups in total. The molecule has 2 fully saturated rings. The third-order valence-corrected chi connectivity index (χ3v) is 8.15. The molecular weight excluding hydrogens is 443 g/mol. The summed E-state index contributed by atoms with van der Waals surface area (Å²) in [6.07, 6.45) is 2.32. The number of nitrogens with zero attached hydrogens (tertiary/aromatic N) is 3. The van der Waals surface area contributed by atoms with Crippen LogP contribution in [-0.4, -0.2) is 57.8 Å². The van der Waals surface area contributed by atoms with Gasteiger partial charge in [-0.1, -0.05) is 12.1 Å². The molecule has 2 aromatic carbocycles. The third kappa shape index (κ3) is 4.46. The summed E-state index contributed by atoms with van der Waals surface area (Å²) in [5, 5.41) is 3.12.